The van der Waals surface area contributed by atoms with Crippen LogP contribution in [0, 0.1) is 13.8 Å². The molecular formula is C18H23N3O2S. The van der Waals surface area contributed by atoms with E-state index in [1.54, 1.807) is 6.20 Å². The van der Waals surface area contributed by atoms with E-state index in [0.717, 1.165) is 30.9 Å². The highest BCUT2D eigenvalue weighted by Crippen LogP contribution is 2.36. The highest BCUT2D eigenvalue weighted by atomic mass is 32.1. The van der Waals surface area contributed by atoms with Crippen LogP contribution in [0.25, 0.3) is 0 Å². The molecule has 0 atom stereocenters. The van der Waals surface area contributed by atoms with E-state index in [9.17, 15) is 4.79 Å². The maximum Gasteiger partial charge on any atom is 0.321 e. The smallest absolute Gasteiger partial charge is 0.321 e. The Morgan fingerprint density at radius 3 is 2.71 bits per heavy atom. The van der Waals surface area contributed by atoms with E-state index >= 15 is 0 Å². The van der Waals surface area contributed by atoms with Crippen molar-refractivity contribution in [3.8, 4) is 0 Å². The summed E-state index contributed by atoms with van der Waals surface area (Å²) < 4.78 is 5.55. The second-order valence-electron chi connectivity index (χ2n) is 6.29. The van der Waals surface area contributed by atoms with Crippen molar-refractivity contribution in [3.63, 3.8) is 0 Å². The first-order chi connectivity index (χ1) is 11.6. The molecule has 3 rings (SSSR count). The monoisotopic (exact) mass is 345 g/mol. The van der Waals surface area contributed by atoms with E-state index in [4.69, 9.17) is 4.74 Å². The highest BCUT2D eigenvalue weighted by Gasteiger charge is 2.35. The van der Waals surface area contributed by atoms with Crippen LogP contribution >= 0.6 is 11.3 Å². The lowest BCUT2D eigenvalue weighted by Crippen LogP contribution is -2.46. The van der Waals surface area contributed by atoms with Gasteiger partial charge in [0.25, 0.3) is 0 Å². The molecule has 128 valence electrons. The summed E-state index contributed by atoms with van der Waals surface area (Å²) in [6.07, 6.45) is 3.58. The number of nitrogens with one attached hydrogen (secondary N) is 2. The Labute approximate surface area is 146 Å². The fraction of sp³-hybridized carbons (Fsp3) is 0.444. The molecule has 5 nitrogen and oxygen atoms in total. The Kier molecular flexibility index (Phi) is 5.16. The van der Waals surface area contributed by atoms with Crippen LogP contribution < -0.4 is 10.6 Å². The summed E-state index contributed by atoms with van der Waals surface area (Å²) in [5.41, 5.74) is 2.50. The number of hydrogen-bond acceptors (Lipinski definition) is 4. The molecule has 0 radical (unpaired) electrons. The van der Waals surface area contributed by atoms with Crippen LogP contribution in [0.3, 0.4) is 0 Å². The third kappa shape index (κ3) is 3.76. The molecule has 0 unspecified atom stereocenters. The average Bonchev–Trinajstić information content (AvgIpc) is 2.99. The number of urea groups is 1. The first-order valence-corrected chi connectivity index (χ1v) is 9.02. The Bertz CT molecular complexity index is 708. The van der Waals surface area contributed by atoms with Gasteiger partial charge in [-0.15, -0.1) is 11.3 Å². The number of benzene rings is 1. The molecular weight excluding hydrogens is 322 g/mol. The van der Waals surface area contributed by atoms with Crippen LogP contribution in [-0.2, 0) is 10.2 Å². The zero-order valence-corrected chi connectivity index (χ0v) is 14.9. The summed E-state index contributed by atoms with van der Waals surface area (Å²) in [4.78, 5) is 17.5. The second-order valence-corrected chi connectivity index (χ2v) is 7.53. The summed E-state index contributed by atoms with van der Waals surface area (Å²) in [5.74, 6) is 0. The van der Waals surface area contributed by atoms with E-state index in [1.807, 2.05) is 6.92 Å². The third-order valence-corrected chi connectivity index (χ3v) is 5.42. The number of carbonyl (C=O) groups is 1. The standard InChI is InChI=1S/C18H23N3O2S/c1-13-5-3-4-6-15(13)18(7-9-23-10-8-18)12-20-16(22)21-17-19-11-14(2)24-17/h3-6,11H,7-10,12H2,1-2H3,(H2,19,20,21,22). The fourth-order valence-corrected chi connectivity index (χ4v) is 3.93. The first kappa shape index (κ1) is 16.9. The van der Waals surface area contributed by atoms with Crippen LogP contribution in [0.4, 0.5) is 9.93 Å². The van der Waals surface area contributed by atoms with Crippen LogP contribution in [0.5, 0.6) is 0 Å². The number of nitrogens with zero attached hydrogens (tertiary/aromatic N) is 1. The maximum atomic E-state index is 12.2. The molecule has 1 fully saturated rings. The zero-order chi connectivity index (χ0) is 17.0. The van der Waals surface area contributed by atoms with Crippen molar-refractivity contribution in [2.75, 3.05) is 25.1 Å². The molecule has 2 aromatic rings. The van der Waals surface area contributed by atoms with Crippen LogP contribution in [0.15, 0.2) is 30.5 Å². The van der Waals surface area contributed by atoms with Gasteiger partial charge in [0.1, 0.15) is 0 Å². The second kappa shape index (κ2) is 7.32. The molecule has 2 heterocycles. The van der Waals surface area contributed by atoms with Gasteiger partial charge in [0, 0.05) is 36.2 Å². The lowest BCUT2D eigenvalue weighted by atomic mass is 9.72. The number of aryl methyl sites for hydroxylation is 2. The minimum atomic E-state index is -0.205. The lowest BCUT2D eigenvalue weighted by molar-refractivity contribution is 0.0506. The summed E-state index contributed by atoms with van der Waals surface area (Å²) in [6.45, 7) is 6.14. The van der Waals surface area contributed by atoms with Gasteiger partial charge in [-0.2, -0.15) is 0 Å². The van der Waals surface area contributed by atoms with Gasteiger partial charge in [-0.25, -0.2) is 9.78 Å². The van der Waals surface area contributed by atoms with Crippen LogP contribution in [0.2, 0.25) is 0 Å². The van der Waals surface area contributed by atoms with Crippen molar-refractivity contribution in [1.82, 2.24) is 10.3 Å². The van der Waals surface area contributed by atoms with Crippen molar-refractivity contribution in [1.29, 1.82) is 0 Å². The predicted octanol–water partition coefficient (Wildman–Crippen LogP) is 3.63. The Hall–Kier alpha value is -1.92. The first-order valence-electron chi connectivity index (χ1n) is 8.20. The number of hydrogen-bond donors (Lipinski definition) is 2. The normalized spacial score (nSPS) is 16.6. The molecule has 6 heteroatoms. The van der Waals surface area contributed by atoms with Gasteiger partial charge in [-0.3, -0.25) is 5.32 Å². The van der Waals surface area contributed by atoms with Crippen molar-refractivity contribution in [2.24, 2.45) is 0 Å². The van der Waals surface area contributed by atoms with E-state index in [0.29, 0.717) is 11.7 Å². The van der Waals surface area contributed by atoms with Gasteiger partial charge in [-0.1, -0.05) is 24.3 Å². The van der Waals surface area contributed by atoms with Gasteiger partial charge in [0.05, 0.1) is 0 Å². The average molecular weight is 345 g/mol. The van der Waals surface area contributed by atoms with Crippen LogP contribution in [-0.4, -0.2) is 30.8 Å². The van der Waals surface area contributed by atoms with Gasteiger partial charge >= 0.3 is 6.03 Å². The number of amides is 2. The number of ether oxygens (including phenoxy) is 1. The largest absolute Gasteiger partial charge is 0.381 e. The zero-order valence-electron chi connectivity index (χ0n) is 14.1. The Morgan fingerprint density at radius 1 is 1.29 bits per heavy atom. The van der Waals surface area contributed by atoms with Crippen molar-refractivity contribution in [2.45, 2.75) is 32.1 Å². The van der Waals surface area contributed by atoms with Crippen molar-refractivity contribution < 1.29 is 9.53 Å². The molecule has 1 saturated heterocycles. The number of carbonyl (C=O) groups excluding carboxylic acids is 1. The van der Waals surface area contributed by atoms with Gasteiger partial charge in [0.15, 0.2) is 5.13 Å². The minimum absolute atomic E-state index is 0.0697. The molecule has 0 spiro atoms. The summed E-state index contributed by atoms with van der Waals surface area (Å²) in [7, 11) is 0. The molecule has 1 aliphatic rings. The third-order valence-electron chi connectivity index (χ3n) is 4.60. The summed E-state index contributed by atoms with van der Waals surface area (Å²) >= 11 is 1.47. The highest BCUT2D eigenvalue weighted by molar-refractivity contribution is 7.15. The Morgan fingerprint density at radius 2 is 2.04 bits per heavy atom. The molecule has 1 aromatic heterocycles. The molecule has 1 aromatic carbocycles. The van der Waals surface area contributed by atoms with E-state index in [2.05, 4.69) is 46.8 Å². The Balaban J connectivity index is 1.71. The minimum Gasteiger partial charge on any atom is -0.381 e. The van der Waals surface area contributed by atoms with Gasteiger partial charge < -0.3 is 10.1 Å². The van der Waals surface area contributed by atoms with Crippen molar-refractivity contribution >= 4 is 22.5 Å². The molecule has 2 N–H and O–H groups in total. The summed E-state index contributed by atoms with van der Waals surface area (Å²) in [6, 6.07) is 8.22. The van der Waals surface area contributed by atoms with Crippen LogP contribution in [0.1, 0.15) is 28.8 Å². The predicted molar refractivity (Wildman–Crippen MR) is 96.8 cm³/mol. The summed E-state index contributed by atoms with van der Waals surface area (Å²) in [5, 5.41) is 6.48. The molecule has 1 aliphatic heterocycles. The van der Waals surface area contributed by atoms with E-state index < -0.39 is 0 Å². The van der Waals surface area contributed by atoms with E-state index in [-0.39, 0.29) is 11.4 Å². The quantitative estimate of drug-likeness (QED) is 0.889. The number of aromatic nitrogens is 1. The van der Waals surface area contributed by atoms with Crippen molar-refractivity contribution in [3.05, 3.63) is 46.5 Å². The lowest BCUT2D eigenvalue weighted by Gasteiger charge is -2.38. The molecule has 0 aliphatic carbocycles. The number of thiazole rings is 1. The topological polar surface area (TPSA) is 63.2 Å². The fourth-order valence-electron chi connectivity index (χ4n) is 3.27. The maximum absolute atomic E-state index is 12.2. The molecule has 0 bridgehead atoms. The van der Waals surface area contributed by atoms with Gasteiger partial charge in [-0.05, 0) is 37.8 Å². The SMILES string of the molecule is Cc1cnc(NC(=O)NCC2(c3ccccc3C)CCOCC2)s1. The van der Waals surface area contributed by atoms with E-state index in [1.165, 1.54) is 22.5 Å². The van der Waals surface area contributed by atoms with Gasteiger partial charge in [0.2, 0.25) is 0 Å². The molecule has 24 heavy (non-hydrogen) atoms. The molecule has 2 amide bonds. The number of rotatable bonds is 4. The number of anilines is 1. The molecule has 0 saturated carbocycles.